The van der Waals surface area contributed by atoms with Crippen LogP contribution in [0, 0.1) is 5.92 Å². The molecule has 1 aromatic heterocycles. The lowest BCUT2D eigenvalue weighted by Crippen LogP contribution is -2.45. The van der Waals surface area contributed by atoms with E-state index in [2.05, 4.69) is 15.2 Å². The van der Waals surface area contributed by atoms with Crippen LogP contribution in [0.2, 0.25) is 0 Å². The Morgan fingerprint density at radius 3 is 2.56 bits per heavy atom. The van der Waals surface area contributed by atoms with Gasteiger partial charge in [-0.3, -0.25) is 14.6 Å². The molecule has 3 aliphatic heterocycles. The lowest BCUT2D eigenvalue weighted by Gasteiger charge is -2.33. The van der Waals surface area contributed by atoms with E-state index in [1.807, 2.05) is 47.5 Å². The number of anilines is 2. The van der Waals surface area contributed by atoms with Gasteiger partial charge in [0.2, 0.25) is 5.91 Å². The number of aromatic nitrogens is 1. The number of hydrogen-bond acceptors (Lipinski definition) is 6. The van der Waals surface area contributed by atoms with Gasteiger partial charge in [0, 0.05) is 57.5 Å². The molecular weight excluding hydrogens is 432 g/mol. The van der Waals surface area contributed by atoms with Crippen LogP contribution in [-0.2, 0) is 14.3 Å². The van der Waals surface area contributed by atoms with E-state index in [1.165, 1.54) is 0 Å². The number of nitrogens with one attached hydrogen (secondary N) is 1. The zero-order chi connectivity index (χ0) is 23.3. The van der Waals surface area contributed by atoms with Gasteiger partial charge in [-0.2, -0.15) is 0 Å². The van der Waals surface area contributed by atoms with Gasteiger partial charge in [0.15, 0.2) is 0 Å². The summed E-state index contributed by atoms with van der Waals surface area (Å²) in [4.78, 5) is 33.5. The molecule has 8 nitrogen and oxygen atoms in total. The van der Waals surface area contributed by atoms with Crippen molar-refractivity contribution in [1.82, 2.24) is 9.88 Å². The molecule has 34 heavy (non-hydrogen) atoms. The maximum absolute atomic E-state index is 12.7. The number of pyridine rings is 1. The third-order valence-electron chi connectivity index (χ3n) is 6.95. The highest BCUT2D eigenvalue weighted by Gasteiger charge is 2.31. The lowest BCUT2D eigenvalue weighted by molar-refractivity contribution is -0.142. The van der Waals surface area contributed by atoms with Gasteiger partial charge in [0.1, 0.15) is 18.0 Å². The second-order valence-electron chi connectivity index (χ2n) is 9.30. The number of hydrogen-bond donors (Lipinski definition) is 1. The Balaban J connectivity index is 1.07. The van der Waals surface area contributed by atoms with Crippen molar-refractivity contribution >= 4 is 23.2 Å². The van der Waals surface area contributed by atoms with Crippen LogP contribution in [0.5, 0.6) is 5.75 Å². The monoisotopic (exact) mass is 464 g/mol. The molecule has 0 bridgehead atoms. The predicted octanol–water partition coefficient (Wildman–Crippen LogP) is 3.10. The van der Waals surface area contributed by atoms with E-state index in [0.29, 0.717) is 26.2 Å². The van der Waals surface area contributed by atoms with E-state index in [4.69, 9.17) is 9.47 Å². The fourth-order valence-corrected chi connectivity index (χ4v) is 4.97. The van der Waals surface area contributed by atoms with Crippen molar-refractivity contribution in [2.75, 3.05) is 43.0 Å². The molecule has 1 N–H and O–H groups in total. The summed E-state index contributed by atoms with van der Waals surface area (Å²) in [6, 6.07) is 11.5. The molecule has 0 saturated carbocycles. The molecule has 2 atom stereocenters. The van der Waals surface area contributed by atoms with Crippen LogP contribution in [0.4, 0.5) is 11.4 Å². The Morgan fingerprint density at radius 2 is 1.85 bits per heavy atom. The van der Waals surface area contributed by atoms with Gasteiger partial charge < -0.3 is 24.6 Å². The van der Waals surface area contributed by atoms with Crippen molar-refractivity contribution in [2.24, 2.45) is 5.92 Å². The summed E-state index contributed by atoms with van der Waals surface area (Å²) in [6.45, 7) is 3.66. The first kappa shape index (κ1) is 22.7. The molecule has 5 rings (SSSR count). The van der Waals surface area contributed by atoms with Gasteiger partial charge in [-0.1, -0.05) is 0 Å². The van der Waals surface area contributed by atoms with Crippen molar-refractivity contribution in [3.8, 4) is 5.75 Å². The van der Waals surface area contributed by atoms with Gasteiger partial charge >= 0.3 is 0 Å². The van der Waals surface area contributed by atoms with Crippen LogP contribution in [0.1, 0.15) is 32.1 Å². The number of carbonyl (C=O) groups is 2. The molecule has 1 aromatic carbocycles. The maximum Gasteiger partial charge on any atom is 0.251 e. The fraction of sp³-hybridized carbons (Fsp3) is 0.500. The molecule has 180 valence electrons. The van der Waals surface area contributed by atoms with Crippen LogP contribution in [0.25, 0.3) is 0 Å². The first-order valence-electron chi connectivity index (χ1n) is 12.3. The van der Waals surface area contributed by atoms with Crippen LogP contribution in [0.3, 0.4) is 0 Å². The van der Waals surface area contributed by atoms with Crippen LogP contribution >= 0.6 is 0 Å². The third-order valence-corrected chi connectivity index (χ3v) is 6.95. The minimum absolute atomic E-state index is 0.0429. The highest BCUT2D eigenvalue weighted by Crippen LogP contribution is 2.26. The minimum Gasteiger partial charge on any atom is -0.490 e. The zero-order valence-electron chi connectivity index (χ0n) is 19.4. The fourth-order valence-electron chi connectivity index (χ4n) is 4.97. The number of ether oxygens (including phenoxy) is 2. The number of nitrogens with zero attached hydrogens (tertiary/aromatic N) is 3. The number of rotatable bonds is 6. The van der Waals surface area contributed by atoms with E-state index in [1.54, 1.807) is 6.20 Å². The highest BCUT2D eigenvalue weighted by molar-refractivity contribution is 5.93. The number of piperidine rings is 1. The second-order valence-corrected chi connectivity index (χ2v) is 9.30. The molecule has 8 heteroatoms. The van der Waals surface area contributed by atoms with Gasteiger partial charge in [-0.05, 0) is 55.7 Å². The molecule has 3 aliphatic rings. The first-order chi connectivity index (χ1) is 16.7. The molecule has 4 heterocycles. The molecule has 0 radical (unpaired) electrons. The number of likely N-dealkylation sites (tertiary alicyclic amines) is 1. The Labute approximate surface area is 200 Å². The normalized spacial score (nSPS) is 23.2. The first-order valence-corrected chi connectivity index (χ1v) is 12.3. The summed E-state index contributed by atoms with van der Waals surface area (Å²) in [5.41, 5.74) is 1.83. The van der Waals surface area contributed by atoms with Gasteiger partial charge in [0.25, 0.3) is 5.91 Å². The summed E-state index contributed by atoms with van der Waals surface area (Å²) < 4.78 is 11.7. The van der Waals surface area contributed by atoms with Crippen LogP contribution < -0.4 is 15.0 Å². The van der Waals surface area contributed by atoms with E-state index in [-0.39, 0.29) is 29.9 Å². The average molecular weight is 465 g/mol. The third kappa shape index (κ3) is 5.33. The van der Waals surface area contributed by atoms with Gasteiger partial charge in [-0.25, -0.2) is 0 Å². The smallest absolute Gasteiger partial charge is 0.251 e. The quantitative estimate of drug-likeness (QED) is 0.707. The van der Waals surface area contributed by atoms with Crippen molar-refractivity contribution in [1.29, 1.82) is 0 Å². The Kier molecular flexibility index (Phi) is 6.94. The summed E-state index contributed by atoms with van der Waals surface area (Å²) >= 11 is 0. The predicted molar refractivity (Wildman–Crippen MR) is 129 cm³/mol. The van der Waals surface area contributed by atoms with Crippen molar-refractivity contribution in [3.05, 3.63) is 48.8 Å². The summed E-state index contributed by atoms with van der Waals surface area (Å²) in [5.74, 6) is 0.911. The number of carbonyl (C=O) groups excluding carboxylic acids is 2. The number of amides is 2. The van der Waals surface area contributed by atoms with Crippen molar-refractivity contribution < 1.29 is 19.1 Å². The van der Waals surface area contributed by atoms with Crippen molar-refractivity contribution in [2.45, 2.75) is 44.3 Å². The van der Waals surface area contributed by atoms with Gasteiger partial charge in [-0.15, -0.1) is 0 Å². The van der Waals surface area contributed by atoms with Crippen LogP contribution in [0.15, 0.2) is 48.8 Å². The van der Waals surface area contributed by atoms with Crippen LogP contribution in [-0.4, -0.2) is 66.7 Å². The molecule has 3 fully saturated rings. The van der Waals surface area contributed by atoms with Crippen molar-refractivity contribution in [3.63, 3.8) is 0 Å². The van der Waals surface area contributed by atoms with E-state index in [9.17, 15) is 9.59 Å². The van der Waals surface area contributed by atoms with E-state index >= 15 is 0 Å². The summed E-state index contributed by atoms with van der Waals surface area (Å²) in [6.07, 6.45) is 7.69. The Bertz CT molecular complexity index is 970. The molecule has 0 unspecified atom stereocenters. The molecular formula is C26H32N4O4. The Hall–Kier alpha value is -3.13. The minimum atomic E-state index is -0.247. The zero-order valence-corrected chi connectivity index (χ0v) is 19.4. The highest BCUT2D eigenvalue weighted by atomic mass is 16.5. The molecule has 0 aliphatic carbocycles. The van der Waals surface area contributed by atoms with E-state index < -0.39 is 0 Å². The standard InChI is InChI=1S/C26H32N4O4/c31-25(19-9-13-30(18-19)21-3-1-12-27-17-21)28-20-5-7-22(8-6-20)34-23-10-14-29(15-11-23)26(32)24-4-2-16-33-24/h1,3,5-8,12,17,19,23-24H,2,4,9-11,13-16,18H2,(H,28,31)/t19-,24-/m0/s1. The lowest BCUT2D eigenvalue weighted by atomic mass is 10.1. The average Bonchev–Trinajstić information content (AvgIpc) is 3.59. The second kappa shape index (κ2) is 10.4. The molecule has 3 saturated heterocycles. The SMILES string of the molecule is O=C(Nc1ccc(OC2CCN(C(=O)[C@@H]3CCCO3)CC2)cc1)[C@H]1CCN(c2cccnc2)C1. The molecule has 2 aromatic rings. The maximum atomic E-state index is 12.7. The summed E-state index contributed by atoms with van der Waals surface area (Å²) in [5, 5.41) is 3.04. The molecule has 2 amide bonds. The van der Waals surface area contributed by atoms with E-state index in [0.717, 1.165) is 55.8 Å². The molecule has 0 spiro atoms. The Morgan fingerprint density at radius 1 is 1.03 bits per heavy atom. The number of benzene rings is 1. The van der Waals surface area contributed by atoms with Gasteiger partial charge in [0.05, 0.1) is 17.8 Å². The largest absolute Gasteiger partial charge is 0.490 e. The summed E-state index contributed by atoms with van der Waals surface area (Å²) in [7, 11) is 0. The topological polar surface area (TPSA) is 84.0 Å².